The molecule has 1 aliphatic rings. The molecule has 0 radical (unpaired) electrons. The van der Waals surface area contributed by atoms with E-state index in [1.54, 1.807) is 19.2 Å². The fraction of sp³-hybridized carbons (Fsp3) is 0.441. The van der Waals surface area contributed by atoms with Crippen LogP contribution in [0.4, 0.5) is 13.2 Å². The molecule has 12 heteroatoms. The summed E-state index contributed by atoms with van der Waals surface area (Å²) in [6.45, 7) is 10.4. The number of aromatic nitrogens is 3. The summed E-state index contributed by atoms with van der Waals surface area (Å²) in [4.78, 5) is 37.5. The van der Waals surface area contributed by atoms with E-state index in [9.17, 15) is 22.8 Å². The molecular formula is C34H41F3N6O3. The van der Waals surface area contributed by atoms with Gasteiger partial charge in [-0.3, -0.25) is 24.4 Å². The summed E-state index contributed by atoms with van der Waals surface area (Å²) in [5.74, 6) is 0.265. The lowest BCUT2D eigenvalue weighted by atomic mass is 9.98. The Morgan fingerprint density at radius 1 is 1.09 bits per heavy atom. The minimum Gasteiger partial charge on any atom is -0.496 e. The minimum atomic E-state index is -4.24. The zero-order valence-electron chi connectivity index (χ0n) is 27.1. The third-order valence-electron chi connectivity index (χ3n) is 8.81. The van der Waals surface area contributed by atoms with Crippen molar-refractivity contribution >= 4 is 11.4 Å². The number of ether oxygens (including phenoxy) is 1. The first kappa shape index (κ1) is 33.2. The van der Waals surface area contributed by atoms with Crippen LogP contribution in [0.15, 0.2) is 47.5 Å². The van der Waals surface area contributed by atoms with Gasteiger partial charge in [0.2, 0.25) is 0 Å². The van der Waals surface area contributed by atoms with Crippen LogP contribution in [0, 0.1) is 13.8 Å². The van der Waals surface area contributed by atoms with Crippen molar-refractivity contribution in [2.24, 2.45) is 0 Å². The van der Waals surface area contributed by atoms with Crippen LogP contribution in [0.2, 0.25) is 0 Å². The van der Waals surface area contributed by atoms with E-state index in [4.69, 9.17) is 4.74 Å². The lowest BCUT2D eigenvalue weighted by Crippen LogP contribution is -2.49. The molecular weight excluding hydrogens is 597 g/mol. The van der Waals surface area contributed by atoms with E-state index < -0.39 is 12.7 Å². The van der Waals surface area contributed by atoms with E-state index in [0.29, 0.717) is 48.7 Å². The predicted octanol–water partition coefficient (Wildman–Crippen LogP) is 5.61. The van der Waals surface area contributed by atoms with Gasteiger partial charge in [0.1, 0.15) is 5.75 Å². The molecule has 1 atom stereocenters. The summed E-state index contributed by atoms with van der Waals surface area (Å²) in [6, 6.07) is 9.39. The third-order valence-corrected chi connectivity index (χ3v) is 8.81. The highest BCUT2D eigenvalue weighted by molar-refractivity contribution is 5.98. The normalized spacial score (nSPS) is 15.4. The number of nitrogens with zero attached hydrogens (tertiary/aromatic N) is 4. The van der Waals surface area contributed by atoms with Gasteiger partial charge in [0.05, 0.1) is 31.3 Å². The number of pyridine rings is 3. The van der Waals surface area contributed by atoms with E-state index in [1.807, 2.05) is 38.2 Å². The summed E-state index contributed by atoms with van der Waals surface area (Å²) in [5, 5.41) is 2.92. The number of H-pyrrole nitrogens is 1. The van der Waals surface area contributed by atoms with Crippen LogP contribution >= 0.6 is 0 Å². The first-order valence-electron chi connectivity index (χ1n) is 15.5. The van der Waals surface area contributed by atoms with Crippen LogP contribution in [0.25, 0.3) is 16.6 Å². The zero-order chi connectivity index (χ0) is 33.3. The molecule has 1 saturated heterocycles. The number of amides is 1. The molecule has 246 valence electrons. The topological polar surface area (TPSA) is 95.0 Å². The highest BCUT2D eigenvalue weighted by atomic mass is 19.4. The largest absolute Gasteiger partial charge is 0.496 e. The van der Waals surface area contributed by atoms with Crippen LogP contribution in [-0.4, -0.2) is 76.1 Å². The maximum atomic E-state index is 13.9. The molecule has 0 aromatic carbocycles. The van der Waals surface area contributed by atoms with Crippen molar-refractivity contribution < 1.29 is 22.7 Å². The van der Waals surface area contributed by atoms with Crippen LogP contribution in [0.3, 0.4) is 0 Å². The number of carbonyl (C=O) groups excluding carboxylic acids is 1. The van der Waals surface area contributed by atoms with E-state index in [0.717, 1.165) is 33.6 Å². The molecule has 4 aromatic heterocycles. The van der Waals surface area contributed by atoms with Gasteiger partial charge >= 0.3 is 6.18 Å². The Morgan fingerprint density at radius 3 is 2.46 bits per heavy atom. The Hall–Kier alpha value is -4.16. The number of halogens is 3. The van der Waals surface area contributed by atoms with Crippen molar-refractivity contribution in [1.82, 2.24) is 29.5 Å². The Kier molecular flexibility index (Phi) is 9.59. The SMILES string of the molecule is COc1cc(C)[nH]c(=O)c1CNC(=O)c1cc2c(-c3ccnc(C(C)C)c3)ccn2c(C(C)N2CCN(CC(F)(F)F)CC2)c1C. The molecule has 0 bridgehead atoms. The molecule has 9 nitrogen and oxygen atoms in total. The third kappa shape index (κ3) is 6.97. The van der Waals surface area contributed by atoms with Gasteiger partial charge in [-0.1, -0.05) is 13.8 Å². The zero-order valence-corrected chi connectivity index (χ0v) is 27.1. The average Bonchev–Trinajstić information content (AvgIpc) is 3.42. The van der Waals surface area contributed by atoms with Crippen LogP contribution in [-0.2, 0) is 6.54 Å². The predicted molar refractivity (Wildman–Crippen MR) is 171 cm³/mol. The van der Waals surface area contributed by atoms with E-state index >= 15 is 0 Å². The number of carbonyl (C=O) groups is 1. The van der Waals surface area contributed by atoms with Crippen molar-refractivity contribution in [1.29, 1.82) is 0 Å². The maximum absolute atomic E-state index is 13.9. The Morgan fingerprint density at radius 2 is 1.80 bits per heavy atom. The molecule has 0 saturated carbocycles. The van der Waals surface area contributed by atoms with Gasteiger partial charge in [-0.15, -0.1) is 0 Å². The van der Waals surface area contributed by atoms with Gasteiger partial charge in [0.15, 0.2) is 0 Å². The van der Waals surface area contributed by atoms with Crippen LogP contribution in [0.1, 0.15) is 71.3 Å². The first-order chi connectivity index (χ1) is 21.8. The lowest BCUT2D eigenvalue weighted by molar-refractivity contribution is -0.149. The molecule has 1 fully saturated rings. The number of aryl methyl sites for hydroxylation is 1. The molecule has 4 aromatic rings. The summed E-state index contributed by atoms with van der Waals surface area (Å²) < 4.78 is 46.6. The summed E-state index contributed by atoms with van der Waals surface area (Å²) in [7, 11) is 1.48. The smallest absolute Gasteiger partial charge is 0.401 e. The van der Waals surface area contributed by atoms with Gasteiger partial charge in [-0.25, -0.2) is 0 Å². The Labute approximate surface area is 266 Å². The molecule has 1 unspecified atom stereocenters. The Balaban J connectivity index is 1.55. The van der Waals surface area contributed by atoms with Crippen LogP contribution in [0.5, 0.6) is 5.75 Å². The average molecular weight is 639 g/mol. The number of aromatic amines is 1. The number of hydrogen-bond donors (Lipinski definition) is 2. The van der Waals surface area contributed by atoms with Gasteiger partial charge in [0, 0.05) is 72.8 Å². The lowest BCUT2D eigenvalue weighted by Gasteiger charge is -2.39. The number of hydrogen-bond acceptors (Lipinski definition) is 6. The number of alkyl halides is 3. The molecule has 46 heavy (non-hydrogen) atoms. The number of nitrogens with one attached hydrogen (secondary N) is 2. The fourth-order valence-electron chi connectivity index (χ4n) is 6.33. The van der Waals surface area contributed by atoms with E-state index in [2.05, 4.69) is 44.5 Å². The standard InChI is InChI=1S/C34H41F3N6O3/c1-20(2)28-16-24(7-9-38-28)25-8-10-43-29(25)17-26(32(44)39-18-27-30(46-6)15-21(3)40-33(27)45)22(4)31(43)23(5)42-13-11-41(12-14-42)19-34(35,36)37/h7-10,15-17,20,23H,11-14,18-19H2,1-6H3,(H,39,44)(H,40,45). The van der Waals surface area contributed by atoms with Crippen molar-refractivity contribution in [3.63, 3.8) is 0 Å². The fourth-order valence-corrected chi connectivity index (χ4v) is 6.33. The highest BCUT2D eigenvalue weighted by Gasteiger charge is 2.34. The van der Waals surface area contributed by atoms with E-state index in [1.165, 1.54) is 12.0 Å². The molecule has 0 aliphatic carbocycles. The molecule has 5 heterocycles. The van der Waals surface area contributed by atoms with Crippen molar-refractivity contribution in [2.75, 3.05) is 39.8 Å². The van der Waals surface area contributed by atoms with Crippen molar-refractivity contribution in [2.45, 2.75) is 59.3 Å². The number of piperazine rings is 1. The van der Waals surface area contributed by atoms with Gasteiger partial charge in [-0.2, -0.15) is 13.2 Å². The molecule has 5 rings (SSSR count). The first-order valence-corrected chi connectivity index (χ1v) is 15.5. The second-order valence-corrected chi connectivity index (χ2v) is 12.3. The van der Waals surface area contributed by atoms with Gasteiger partial charge in [0.25, 0.3) is 11.5 Å². The number of methoxy groups -OCH3 is 1. The van der Waals surface area contributed by atoms with Gasteiger partial charge < -0.3 is 19.4 Å². The summed E-state index contributed by atoms with van der Waals surface area (Å²) in [6.07, 6.45) is -0.473. The Bertz CT molecular complexity index is 1790. The van der Waals surface area contributed by atoms with Crippen molar-refractivity contribution in [3.05, 3.63) is 86.9 Å². The molecule has 1 aliphatic heterocycles. The quantitative estimate of drug-likeness (QED) is 0.248. The van der Waals surface area contributed by atoms with Crippen molar-refractivity contribution in [3.8, 4) is 16.9 Å². The second-order valence-electron chi connectivity index (χ2n) is 12.3. The molecule has 2 N–H and O–H groups in total. The monoisotopic (exact) mass is 638 g/mol. The maximum Gasteiger partial charge on any atom is 0.401 e. The van der Waals surface area contributed by atoms with Gasteiger partial charge in [-0.05, 0) is 68.1 Å². The summed E-state index contributed by atoms with van der Waals surface area (Å²) >= 11 is 0. The number of fused-ring (bicyclic) bond motifs is 1. The van der Waals surface area contributed by atoms with Crippen LogP contribution < -0.4 is 15.6 Å². The highest BCUT2D eigenvalue weighted by Crippen LogP contribution is 2.35. The number of rotatable bonds is 9. The minimum absolute atomic E-state index is 0.0374. The molecule has 0 spiro atoms. The second kappa shape index (κ2) is 13.3. The summed E-state index contributed by atoms with van der Waals surface area (Å²) in [5.41, 5.74) is 6.36. The molecule has 1 amide bonds. The van der Waals surface area contributed by atoms with E-state index in [-0.39, 0.29) is 30.0 Å².